The molecule has 2 heterocycles. The fourth-order valence-corrected chi connectivity index (χ4v) is 5.81. The van der Waals surface area contributed by atoms with Crippen molar-refractivity contribution in [2.45, 2.75) is 37.0 Å². The maximum absolute atomic E-state index is 14.8. The molecule has 8 heteroatoms. The minimum Gasteiger partial charge on any atom is -0.461 e. The van der Waals surface area contributed by atoms with Gasteiger partial charge in [0.2, 0.25) is 0 Å². The van der Waals surface area contributed by atoms with Crippen molar-refractivity contribution in [1.82, 2.24) is 4.98 Å². The van der Waals surface area contributed by atoms with Gasteiger partial charge in [-0.3, -0.25) is 14.0 Å². The average molecular weight is 448 g/mol. The highest BCUT2D eigenvalue weighted by Crippen LogP contribution is 2.57. The van der Waals surface area contributed by atoms with Crippen LogP contribution in [0.25, 0.3) is 6.08 Å². The second kappa shape index (κ2) is 6.78. The number of pyridine rings is 1. The van der Waals surface area contributed by atoms with Crippen molar-refractivity contribution >= 4 is 38.8 Å². The van der Waals surface area contributed by atoms with Crippen molar-refractivity contribution in [1.29, 1.82) is 0 Å². The van der Waals surface area contributed by atoms with Crippen molar-refractivity contribution in [2.75, 3.05) is 6.26 Å². The number of hydrogen-bond acceptors (Lipinski definition) is 4. The maximum Gasteiger partial charge on any atom is 0.325 e. The number of fused-ring (bicyclic) bond motifs is 1. The number of cyclic esters (lactones) is 1. The predicted molar refractivity (Wildman–Crippen MR) is 99.0 cm³/mol. The zero-order valence-corrected chi connectivity index (χ0v) is 17.0. The van der Waals surface area contributed by atoms with Gasteiger partial charge in [0.1, 0.15) is 6.10 Å². The van der Waals surface area contributed by atoms with E-state index in [-0.39, 0.29) is 0 Å². The quantitative estimate of drug-likeness (QED) is 0.660. The Hall–Kier alpha value is -1.15. The first-order valence-corrected chi connectivity index (χ1v) is 10.7. The summed E-state index contributed by atoms with van der Waals surface area (Å²) in [5.41, 5.74) is 0.621. The lowest BCUT2D eigenvalue weighted by atomic mass is 9.64. The molecule has 1 saturated heterocycles. The standard InChI is InChI=1S/C18H20BrF2NO3S/c1-10-14(7-6-13-5-4-12(19)8-22-13)15-11(2)25-16(23)17(15,26(3)24)9-18(10,20)21/h4-8,10-11,14-15H,9H2,1-3H3/b7-6+/t10?,11?,14-,15?,17?,26?/m0/s1. The molecule has 6 atom stereocenters. The van der Waals surface area contributed by atoms with Gasteiger partial charge in [0.05, 0.1) is 5.69 Å². The summed E-state index contributed by atoms with van der Waals surface area (Å²) in [7, 11) is -1.77. The van der Waals surface area contributed by atoms with Gasteiger partial charge >= 0.3 is 5.97 Å². The molecular weight excluding hydrogens is 428 g/mol. The van der Waals surface area contributed by atoms with Crippen molar-refractivity contribution < 1.29 is 22.5 Å². The fourth-order valence-electron chi connectivity index (χ4n) is 4.17. The molecule has 0 amide bonds. The highest BCUT2D eigenvalue weighted by atomic mass is 79.9. The van der Waals surface area contributed by atoms with Crippen LogP contribution in [0.1, 0.15) is 26.0 Å². The number of aromatic nitrogens is 1. The van der Waals surface area contributed by atoms with Crippen LogP contribution in [0.4, 0.5) is 8.78 Å². The van der Waals surface area contributed by atoms with E-state index in [0.29, 0.717) is 5.69 Å². The van der Waals surface area contributed by atoms with Gasteiger partial charge in [-0.1, -0.05) is 13.0 Å². The second-order valence-electron chi connectivity index (χ2n) is 7.04. The highest BCUT2D eigenvalue weighted by Gasteiger charge is 2.70. The number of allylic oxidation sites excluding steroid dienone is 1. The SMILES string of the molecule is CC1OC(=O)C2(S(C)=O)CC(F)(F)C(C)[C@H](/C=C/c3ccc(Br)cn3)C12. The molecule has 3 rings (SSSR count). The minimum atomic E-state index is -3.12. The van der Waals surface area contributed by atoms with E-state index in [0.717, 1.165) is 4.47 Å². The molecule has 0 aromatic carbocycles. The zero-order valence-electron chi connectivity index (χ0n) is 14.6. The number of hydrogen-bond donors (Lipinski definition) is 0. The summed E-state index contributed by atoms with van der Waals surface area (Å²) in [6, 6.07) is 3.57. The molecule has 0 spiro atoms. The Bertz CT molecular complexity index is 770. The molecule has 1 saturated carbocycles. The van der Waals surface area contributed by atoms with E-state index >= 15 is 0 Å². The van der Waals surface area contributed by atoms with E-state index in [1.165, 1.54) is 13.2 Å². The van der Waals surface area contributed by atoms with E-state index in [2.05, 4.69) is 20.9 Å². The third-order valence-corrected chi connectivity index (χ3v) is 7.67. The van der Waals surface area contributed by atoms with Crippen molar-refractivity contribution in [3.63, 3.8) is 0 Å². The average Bonchev–Trinajstić information content (AvgIpc) is 2.80. The first-order chi connectivity index (χ1) is 12.1. The zero-order chi connectivity index (χ0) is 19.3. The summed E-state index contributed by atoms with van der Waals surface area (Å²) in [5, 5.41) is 0. The van der Waals surface area contributed by atoms with Gasteiger partial charge in [-0.15, -0.1) is 0 Å². The fraction of sp³-hybridized carbons (Fsp3) is 0.556. The third-order valence-electron chi connectivity index (χ3n) is 5.59. The van der Waals surface area contributed by atoms with Gasteiger partial charge in [0.25, 0.3) is 5.92 Å². The predicted octanol–water partition coefficient (Wildman–Crippen LogP) is 3.83. The molecule has 1 aliphatic carbocycles. The van der Waals surface area contributed by atoms with Gasteiger partial charge in [-0.2, -0.15) is 0 Å². The first kappa shape index (κ1) is 19.6. The number of alkyl halides is 2. The molecule has 5 unspecified atom stereocenters. The second-order valence-corrected chi connectivity index (χ2v) is 9.60. The van der Waals surface area contributed by atoms with E-state index < -0.39 is 57.7 Å². The van der Waals surface area contributed by atoms with Crippen molar-refractivity contribution in [2.24, 2.45) is 17.8 Å². The summed E-state index contributed by atoms with van der Waals surface area (Å²) >= 11 is 3.30. The van der Waals surface area contributed by atoms with Gasteiger partial charge in [0, 0.05) is 46.0 Å². The number of halogens is 3. The van der Waals surface area contributed by atoms with Crippen LogP contribution < -0.4 is 0 Å². The molecule has 1 aliphatic heterocycles. The van der Waals surface area contributed by atoms with E-state index in [1.54, 1.807) is 31.3 Å². The van der Waals surface area contributed by atoms with Crippen LogP contribution in [0.15, 0.2) is 28.9 Å². The Morgan fingerprint density at radius 2 is 2.08 bits per heavy atom. The lowest BCUT2D eigenvalue weighted by Gasteiger charge is -2.46. The molecule has 26 heavy (non-hydrogen) atoms. The Labute approximate surface area is 162 Å². The molecule has 2 aliphatic rings. The molecule has 1 aromatic heterocycles. The monoisotopic (exact) mass is 447 g/mol. The van der Waals surface area contributed by atoms with Crippen molar-refractivity contribution in [3.05, 3.63) is 34.6 Å². The number of ether oxygens (including phenoxy) is 1. The van der Waals surface area contributed by atoms with Gasteiger partial charge in [-0.05, 0) is 47.0 Å². The molecule has 0 bridgehead atoms. The smallest absolute Gasteiger partial charge is 0.325 e. The van der Waals surface area contributed by atoms with Gasteiger partial charge in [0.15, 0.2) is 4.75 Å². The Kier molecular flexibility index (Phi) is 5.11. The molecule has 4 nitrogen and oxygen atoms in total. The summed E-state index contributed by atoms with van der Waals surface area (Å²) in [6.45, 7) is 3.16. The lowest BCUT2D eigenvalue weighted by Crippen LogP contribution is -2.59. The highest BCUT2D eigenvalue weighted by molar-refractivity contribution is 9.10. The largest absolute Gasteiger partial charge is 0.461 e. The van der Waals surface area contributed by atoms with Gasteiger partial charge in [-0.25, -0.2) is 8.78 Å². The van der Waals surface area contributed by atoms with Crippen LogP contribution in [-0.2, 0) is 20.3 Å². The van der Waals surface area contributed by atoms with Crippen LogP contribution in [0, 0.1) is 17.8 Å². The van der Waals surface area contributed by atoms with Crippen LogP contribution in [-0.4, -0.2) is 38.2 Å². The molecule has 0 radical (unpaired) electrons. The summed E-state index contributed by atoms with van der Waals surface area (Å²) in [5.74, 6) is -6.12. The van der Waals surface area contributed by atoms with E-state index in [4.69, 9.17) is 4.74 Å². The number of carbonyl (C=O) groups is 1. The Morgan fingerprint density at radius 3 is 2.65 bits per heavy atom. The summed E-state index contributed by atoms with van der Waals surface area (Å²) < 4.78 is 46.4. The number of esters is 1. The van der Waals surface area contributed by atoms with Crippen LogP contribution in [0.2, 0.25) is 0 Å². The van der Waals surface area contributed by atoms with Crippen LogP contribution in [0.3, 0.4) is 0 Å². The molecule has 1 aromatic rings. The molecule has 142 valence electrons. The normalized spacial score (nSPS) is 37.4. The maximum atomic E-state index is 14.8. The number of rotatable bonds is 3. The van der Waals surface area contributed by atoms with Crippen molar-refractivity contribution in [3.8, 4) is 0 Å². The molecular formula is C18H20BrF2NO3S. The Balaban J connectivity index is 2.05. The number of carbonyl (C=O) groups excluding carboxylic acids is 1. The third kappa shape index (κ3) is 3.05. The van der Waals surface area contributed by atoms with Crippen LogP contribution in [0.5, 0.6) is 0 Å². The first-order valence-electron chi connectivity index (χ1n) is 8.32. The Morgan fingerprint density at radius 1 is 1.38 bits per heavy atom. The molecule has 2 fully saturated rings. The van der Waals surface area contributed by atoms with E-state index in [9.17, 15) is 17.8 Å². The topological polar surface area (TPSA) is 56.3 Å². The molecule has 0 N–H and O–H groups in total. The summed E-state index contributed by atoms with van der Waals surface area (Å²) in [6.07, 6.45) is 4.97. The van der Waals surface area contributed by atoms with Gasteiger partial charge < -0.3 is 4.74 Å². The van der Waals surface area contributed by atoms with Crippen LogP contribution >= 0.6 is 15.9 Å². The number of nitrogens with zero attached hydrogens (tertiary/aromatic N) is 1. The minimum absolute atomic E-state index is 0.567. The lowest BCUT2D eigenvalue weighted by molar-refractivity contribution is -0.148. The van der Waals surface area contributed by atoms with E-state index in [1.807, 2.05) is 6.07 Å². The summed E-state index contributed by atoms with van der Waals surface area (Å²) in [4.78, 5) is 16.7.